The van der Waals surface area contributed by atoms with Gasteiger partial charge in [-0.2, -0.15) is 13.2 Å². The highest BCUT2D eigenvalue weighted by atomic mass is 32.2. The first-order valence-corrected chi connectivity index (χ1v) is 7.51. The molecule has 0 bridgehead atoms. The molecule has 1 aromatic carbocycles. The molecule has 12 heteroatoms. The van der Waals surface area contributed by atoms with E-state index in [0.29, 0.717) is 6.26 Å². The number of carboxylic acids is 1. The number of aromatic carboxylic acids is 1. The van der Waals surface area contributed by atoms with E-state index in [1.165, 1.54) is 0 Å². The second-order valence-electron chi connectivity index (χ2n) is 4.30. The zero-order valence-electron chi connectivity index (χ0n) is 11.7. The van der Waals surface area contributed by atoms with Gasteiger partial charge in [-0.25, -0.2) is 13.2 Å². The van der Waals surface area contributed by atoms with Crippen LogP contribution in [0.5, 0.6) is 5.75 Å². The summed E-state index contributed by atoms with van der Waals surface area (Å²) >= 11 is 0. The van der Waals surface area contributed by atoms with Gasteiger partial charge in [-0.15, -0.1) is 0 Å². The molecule has 8 nitrogen and oxygen atoms in total. The molecule has 0 fully saturated rings. The zero-order valence-corrected chi connectivity index (χ0v) is 12.5. The van der Waals surface area contributed by atoms with Crippen molar-refractivity contribution in [3.8, 4) is 5.75 Å². The van der Waals surface area contributed by atoms with Crippen LogP contribution in [-0.4, -0.2) is 38.8 Å². The number of carbonyl (C=O) groups is 2. The van der Waals surface area contributed by atoms with Crippen LogP contribution >= 0.6 is 0 Å². The molecule has 23 heavy (non-hydrogen) atoms. The first-order valence-electron chi connectivity index (χ1n) is 5.62. The lowest BCUT2D eigenvalue weighted by atomic mass is 9.99. The molecular weight excluding hydrogens is 345 g/mol. The Kier molecular flexibility index (Phi) is 4.80. The number of amides is 1. The fraction of sp³-hybridized carbons (Fsp3) is 0.273. The van der Waals surface area contributed by atoms with E-state index in [9.17, 15) is 31.2 Å². The fourth-order valence-corrected chi connectivity index (χ4v) is 2.35. The number of nitrogens with two attached hydrogens (primary N) is 1. The van der Waals surface area contributed by atoms with E-state index in [0.717, 1.165) is 7.11 Å². The highest BCUT2D eigenvalue weighted by Gasteiger charge is 2.40. The van der Waals surface area contributed by atoms with Crippen molar-refractivity contribution in [2.24, 2.45) is 5.73 Å². The maximum atomic E-state index is 13.1. The molecule has 4 N–H and O–H groups in total. The van der Waals surface area contributed by atoms with Crippen molar-refractivity contribution in [3.05, 3.63) is 22.8 Å². The van der Waals surface area contributed by atoms with E-state index >= 15 is 0 Å². The van der Waals surface area contributed by atoms with Crippen LogP contribution in [-0.2, 0) is 16.2 Å². The molecule has 1 amide bonds. The lowest BCUT2D eigenvalue weighted by molar-refractivity contribution is -0.138. The Morgan fingerprint density at radius 1 is 1.35 bits per heavy atom. The molecule has 1 rings (SSSR count). The van der Waals surface area contributed by atoms with Crippen LogP contribution in [0, 0.1) is 0 Å². The Balaban J connectivity index is 4.03. The number of anilines is 1. The van der Waals surface area contributed by atoms with Gasteiger partial charge in [-0.1, -0.05) is 0 Å². The highest BCUT2D eigenvalue weighted by Crippen LogP contribution is 2.42. The largest absolute Gasteiger partial charge is 0.494 e. The normalized spacial score (nSPS) is 11.9. The van der Waals surface area contributed by atoms with Gasteiger partial charge in [0.15, 0.2) is 5.75 Å². The molecule has 0 unspecified atom stereocenters. The second-order valence-corrected chi connectivity index (χ2v) is 6.04. The van der Waals surface area contributed by atoms with Crippen LogP contribution in [0.1, 0.15) is 26.3 Å². The van der Waals surface area contributed by atoms with E-state index < -0.39 is 56.2 Å². The number of halogens is 3. The Hall–Kier alpha value is -2.50. The number of carboxylic acid groups (broad SMARTS) is 1. The fourth-order valence-electron chi connectivity index (χ4n) is 1.79. The van der Waals surface area contributed by atoms with Gasteiger partial charge in [0.25, 0.3) is 5.91 Å². The van der Waals surface area contributed by atoms with Crippen molar-refractivity contribution in [1.29, 1.82) is 0 Å². The number of benzene rings is 1. The van der Waals surface area contributed by atoms with Crippen LogP contribution in [0.3, 0.4) is 0 Å². The molecule has 0 saturated heterocycles. The third-order valence-corrected chi connectivity index (χ3v) is 3.13. The van der Waals surface area contributed by atoms with E-state index in [4.69, 9.17) is 10.8 Å². The molecule has 0 heterocycles. The number of alkyl halides is 3. The number of carbonyl (C=O) groups excluding carboxylic acids is 1. The summed E-state index contributed by atoms with van der Waals surface area (Å²) in [7, 11) is -3.27. The summed E-state index contributed by atoms with van der Waals surface area (Å²) in [5.41, 5.74) is -0.0659. The average molecular weight is 356 g/mol. The number of ether oxygens (including phenoxy) is 1. The summed E-state index contributed by atoms with van der Waals surface area (Å²) in [5.74, 6) is -4.16. The van der Waals surface area contributed by atoms with Crippen LogP contribution in [0.2, 0.25) is 0 Å². The summed E-state index contributed by atoms with van der Waals surface area (Å²) in [4.78, 5) is 22.5. The predicted molar refractivity (Wildman–Crippen MR) is 71.9 cm³/mol. The monoisotopic (exact) mass is 356 g/mol. The number of primary amides is 1. The quantitative estimate of drug-likeness (QED) is 0.717. The Bertz CT molecular complexity index is 773. The number of sulfonamides is 1. The Morgan fingerprint density at radius 3 is 2.17 bits per heavy atom. The zero-order chi connectivity index (χ0) is 18.2. The first kappa shape index (κ1) is 18.5. The molecule has 0 aliphatic heterocycles. The summed E-state index contributed by atoms with van der Waals surface area (Å²) in [6.45, 7) is 0. The standard InChI is InChI=1S/C11H11F3N2O6S/c1-22-8-4(9(15)17)3-5(11(12,13)14)6(10(18)19)7(8)16-23(2,20)21/h3,16H,1-2H3,(H2,15,17)(H,18,19). The SMILES string of the molecule is COc1c(C(N)=O)cc(C(F)(F)F)c(C(=O)O)c1NS(C)(=O)=O. The van der Waals surface area contributed by atoms with Gasteiger partial charge in [0.2, 0.25) is 10.0 Å². The number of rotatable bonds is 5. The minimum atomic E-state index is -5.18. The van der Waals surface area contributed by atoms with Crippen molar-refractivity contribution < 1.29 is 41.0 Å². The summed E-state index contributed by atoms with van der Waals surface area (Å²) in [6.07, 6.45) is -4.60. The van der Waals surface area contributed by atoms with Gasteiger partial charge in [0, 0.05) is 0 Å². The smallest absolute Gasteiger partial charge is 0.417 e. The van der Waals surface area contributed by atoms with Crippen molar-refractivity contribution in [3.63, 3.8) is 0 Å². The number of hydrogen-bond acceptors (Lipinski definition) is 5. The van der Waals surface area contributed by atoms with Gasteiger partial charge in [0.1, 0.15) is 5.69 Å². The van der Waals surface area contributed by atoms with Crippen LogP contribution in [0.4, 0.5) is 18.9 Å². The van der Waals surface area contributed by atoms with Crippen molar-refractivity contribution >= 4 is 27.6 Å². The summed E-state index contributed by atoms with van der Waals surface area (Å²) in [5, 5.41) is 9.05. The molecule has 0 radical (unpaired) electrons. The average Bonchev–Trinajstić information content (AvgIpc) is 2.33. The van der Waals surface area contributed by atoms with Crippen molar-refractivity contribution in [2.75, 3.05) is 18.1 Å². The van der Waals surface area contributed by atoms with Crippen molar-refractivity contribution in [1.82, 2.24) is 0 Å². The van der Waals surface area contributed by atoms with E-state index in [1.54, 1.807) is 4.72 Å². The molecule has 0 aliphatic carbocycles. The highest BCUT2D eigenvalue weighted by molar-refractivity contribution is 7.92. The minimum Gasteiger partial charge on any atom is -0.494 e. The number of methoxy groups -OCH3 is 1. The van der Waals surface area contributed by atoms with E-state index in [1.807, 2.05) is 0 Å². The predicted octanol–water partition coefficient (Wildman–Crippen LogP) is 0.883. The minimum absolute atomic E-state index is 0.193. The van der Waals surface area contributed by atoms with Gasteiger partial charge in [-0.05, 0) is 6.07 Å². The lowest BCUT2D eigenvalue weighted by Gasteiger charge is -2.19. The molecule has 0 aromatic heterocycles. The molecule has 1 aromatic rings. The number of hydrogen-bond donors (Lipinski definition) is 3. The van der Waals surface area contributed by atoms with Crippen LogP contribution < -0.4 is 15.2 Å². The van der Waals surface area contributed by atoms with Crippen LogP contribution in [0.25, 0.3) is 0 Å². The molecule has 128 valence electrons. The molecule has 0 spiro atoms. The van der Waals surface area contributed by atoms with Crippen molar-refractivity contribution in [2.45, 2.75) is 6.18 Å². The molecule has 0 aliphatic rings. The van der Waals surface area contributed by atoms with Gasteiger partial charge < -0.3 is 15.6 Å². The Labute approximate surface area is 128 Å². The van der Waals surface area contributed by atoms with Gasteiger partial charge in [0.05, 0.1) is 30.1 Å². The summed E-state index contributed by atoms with van der Waals surface area (Å²) in [6, 6.07) is 0.193. The maximum Gasteiger partial charge on any atom is 0.417 e. The molecule has 0 atom stereocenters. The summed E-state index contributed by atoms with van der Waals surface area (Å²) < 4.78 is 68.2. The van der Waals surface area contributed by atoms with E-state index in [2.05, 4.69) is 4.74 Å². The molecule has 0 saturated carbocycles. The van der Waals surface area contributed by atoms with Gasteiger partial charge >= 0.3 is 12.1 Å². The molecular formula is C11H11F3N2O6S. The third kappa shape index (κ3) is 4.03. The second kappa shape index (κ2) is 5.95. The maximum absolute atomic E-state index is 13.1. The third-order valence-electron chi connectivity index (χ3n) is 2.56. The van der Waals surface area contributed by atoms with Gasteiger partial charge in [-0.3, -0.25) is 9.52 Å². The Morgan fingerprint density at radius 2 is 1.87 bits per heavy atom. The van der Waals surface area contributed by atoms with E-state index in [-0.39, 0.29) is 6.07 Å². The van der Waals surface area contributed by atoms with Crippen LogP contribution in [0.15, 0.2) is 6.07 Å². The number of nitrogens with one attached hydrogen (secondary N) is 1. The first-order chi connectivity index (χ1) is 10.3. The lowest BCUT2D eigenvalue weighted by Crippen LogP contribution is -2.23. The topological polar surface area (TPSA) is 136 Å².